The van der Waals surface area contributed by atoms with E-state index >= 15 is 0 Å². The first kappa shape index (κ1) is 12.2. The number of ether oxygens (including phenoxy) is 1. The Labute approximate surface area is 113 Å². The lowest BCUT2D eigenvalue weighted by Crippen LogP contribution is -2.19. The molecule has 0 spiro atoms. The predicted molar refractivity (Wildman–Crippen MR) is 75.6 cm³/mol. The summed E-state index contributed by atoms with van der Waals surface area (Å²) in [6.45, 7) is 1.76. The Morgan fingerprint density at radius 3 is 2.84 bits per heavy atom. The largest absolute Gasteiger partial charge is 0.382 e. The molecular formula is C15H19N3O. The molecule has 0 amide bonds. The smallest absolute Gasteiger partial charge is 0.0647 e. The van der Waals surface area contributed by atoms with Gasteiger partial charge >= 0.3 is 0 Å². The van der Waals surface area contributed by atoms with Crippen molar-refractivity contribution in [2.24, 2.45) is 0 Å². The van der Waals surface area contributed by atoms with Crippen molar-refractivity contribution in [1.29, 1.82) is 0 Å². The second kappa shape index (κ2) is 5.89. The summed E-state index contributed by atoms with van der Waals surface area (Å²) in [7, 11) is 0. The Hall–Kier alpha value is -1.81. The van der Waals surface area contributed by atoms with Gasteiger partial charge in [0, 0.05) is 37.3 Å². The van der Waals surface area contributed by atoms with Gasteiger partial charge in [0.15, 0.2) is 0 Å². The highest BCUT2D eigenvalue weighted by Crippen LogP contribution is 2.17. The van der Waals surface area contributed by atoms with Crippen LogP contribution in [0.25, 0.3) is 5.69 Å². The van der Waals surface area contributed by atoms with Gasteiger partial charge in [-0.15, -0.1) is 0 Å². The molecule has 2 heterocycles. The van der Waals surface area contributed by atoms with Crippen LogP contribution in [0.1, 0.15) is 19.3 Å². The van der Waals surface area contributed by atoms with E-state index in [9.17, 15) is 0 Å². The summed E-state index contributed by atoms with van der Waals surface area (Å²) in [6.07, 6.45) is 7.15. The van der Waals surface area contributed by atoms with Crippen LogP contribution in [0.3, 0.4) is 0 Å². The summed E-state index contributed by atoms with van der Waals surface area (Å²) in [5, 5.41) is 7.81. The normalized spacial score (nSPS) is 19.9. The Balaban J connectivity index is 1.65. The van der Waals surface area contributed by atoms with Gasteiger partial charge in [0.05, 0.1) is 5.69 Å². The maximum absolute atomic E-state index is 5.48. The predicted octanol–water partition coefficient (Wildman–Crippen LogP) is 2.85. The lowest BCUT2D eigenvalue weighted by molar-refractivity contribution is 0.144. The van der Waals surface area contributed by atoms with Crippen molar-refractivity contribution in [2.75, 3.05) is 18.5 Å². The molecule has 1 aromatic heterocycles. The lowest BCUT2D eigenvalue weighted by atomic mass is 10.1. The van der Waals surface area contributed by atoms with Crippen molar-refractivity contribution in [3.05, 3.63) is 42.7 Å². The SMILES string of the molecule is c1cnn(-c2ccc(NC3CCCOCC3)cc2)c1. The molecule has 3 rings (SSSR count). The van der Waals surface area contributed by atoms with E-state index in [1.54, 1.807) is 6.20 Å². The van der Waals surface area contributed by atoms with Gasteiger partial charge in [-0.25, -0.2) is 4.68 Å². The first-order valence-electron chi connectivity index (χ1n) is 6.86. The summed E-state index contributed by atoms with van der Waals surface area (Å²) in [5.74, 6) is 0. The molecule has 4 nitrogen and oxygen atoms in total. The molecule has 1 fully saturated rings. The molecule has 1 N–H and O–H groups in total. The van der Waals surface area contributed by atoms with Crippen LogP contribution in [0.5, 0.6) is 0 Å². The molecule has 1 saturated heterocycles. The molecule has 1 unspecified atom stereocenters. The highest BCUT2D eigenvalue weighted by Gasteiger charge is 2.11. The summed E-state index contributed by atoms with van der Waals surface area (Å²) >= 11 is 0. The second-order valence-electron chi connectivity index (χ2n) is 4.88. The highest BCUT2D eigenvalue weighted by molar-refractivity contribution is 5.49. The van der Waals surface area contributed by atoms with E-state index in [1.807, 2.05) is 16.9 Å². The van der Waals surface area contributed by atoms with Gasteiger partial charge < -0.3 is 10.1 Å². The standard InChI is InChI=1S/C15H19N3O/c1-3-13(8-12-19-11-1)17-14-4-6-15(7-5-14)18-10-2-9-16-18/h2,4-7,9-10,13,17H,1,3,8,11-12H2. The zero-order valence-electron chi connectivity index (χ0n) is 11.0. The lowest BCUT2D eigenvalue weighted by Gasteiger charge is -2.17. The maximum atomic E-state index is 5.48. The van der Waals surface area contributed by atoms with Crippen molar-refractivity contribution in [2.45, 2.75) is 25.3 Å². The van der Waals surface area contributed by atoms with Gasteiger partial charge in [-0.05, 0) is 49.6 Å². The number of nitrogens with zero attached hydrogens (tertiary/aromatic N) is 2. The van der Waals surface area contributed by atoms with E-state index in [-0.39, 0.29) is 0 Å². The fraction of sp³-hybridized carbons (Fsp3) is 0.400. The average molecular weight is 257 g/mol. The third kappa shape index (κ3) is 3.15. The molecule has 0 radical (unpaired) electrons. The summed E-state index contributed by atoms with van der Waals surface area (Å²) in [6, 6.07) is 10.9. The van der Waals surface area contributed by atoms with Crippen LogP contribution >= 0.6 is 0 Å². The summed E-state index contributed by atoms with van der Waals surface area (Å²) in [5.41, 5.74) is 2.25. The third-order valence-electron chi connectivity index (χ3n) is 3.46. The number of rotatable bonds is 3. The zero-order chi connectivity index (χ0) is 12.9. The van der Waals surface area contributed by atoms with Gasteiger partial charge in [0.1, 0.15) is 0 Å². The minimum absolute atomic E-state index is 0.526. The van der Waals surface area contributed by atoms with Gasteiger partial charge in [0.2, 0.25) is 0 Å². The van der Waals surface area contributed by atoms with Crippen LogP contribution in [0.2, 0.25) is 0 Å². The highest BCUT2D eigenvalue weighted by atomic mass is 16.5. The van der Waals surface area contributed by atoms with E-state index in [2.05, 4.69) is 34.7 Å². The van der Waals surface area contributed by atoms with Crippen molar-refractivity contribution in [1.82, 2.24) is 9.78 Å². The summed E-state index contributed by atoms with van der Waals surface area (Å²) in [4.78, 5) is 0. The minimum atomic E-state index is 0.526. The van der Waals surface area contributed by atoms with Gasteiger partial charge in [-0.3, -0.25) is 0 Å². The fourth-order valence-corrected chi connectivity index (χ4v) is 2.42. The van der Waals surface area contributed by atoms with Crippen LogP contribution in [0.15, 0.2) is 42.7 Å². The second-order valence-corrected chi connectivity index (χ2v) is 4.88. The van der Waals surface area contributed by atoms with E-state index in [1.165, 1.54) is 12.1 Å². The Kier molecular flexibility index (Phi) is 3.79. The molecule has 100 valence electrons. The number of hydrogen-bond donors (Lipinski definition) is 1. The molecule has 1 aromatic carbocycles. The molecule has 4 heteroatoms. The first-order valence-corrected chi connectivity index (χ1v) is 6.86. The van der Waals surface area contributed by atoms with Gasteiger partial charge in [0.25, 0.3) is 0 Å². The topological polar surface area (TPSA) is 39.1 Å². The number of hydrogen-bond acceptors (Lipinski definition) is 3. The molecule has 0 aliphatic carbocycles. The van der Waals surface area contributed by atoms with Gasteiger partial charge in [-0.2, -0.15) is 5.10 Å². The molecule has 19 heavy (non-hydrogen) atoms. The van der Waals surface area contributed by atoms with E-state index in [0.29, 0.717) is 6.04 Å². The quantitative estimate of drug-likeness (QED) is 0.919. The minimum Gasteiger partial charge on any atom is -0.382 e. The van der Waals surface area contributed by atoms with E-state index in [0.717, 1.165) is 31.7 Å². The summed E-state index contributed by atoms with van der Waals surface area (Å²) < 4.78 is 7.34. The average Bonchev–Trinajstić information content (AvgIpc) is 2.86. The molecule has 1 aliphatic rings. The molecule has 0 bridgehead atoms. The zero-order valence-corrected chi connectivity index (χ0v) is 11.0. The Bertz CT molecular complexity index is 485. The van der Waals surface area contributed by atoms with Crippen LogP contribution in [-0.4, -0.2) is 29.0 Å². The number of benzene rings is 1. The molecular weight excluding hydrogens is 238 g/mol. The maximum Gasteiger partial charge on any atom is 0.0647 e. The van der Waals surface area contributed by atoms with Crippen molar-refractivity contribution < 1.29 is 4.74 Å². The molecule has 1 aliphatic heterocycles. The first-order chi connectivity index (χ1) is 9.42. The van der Waals surface area contributed by atoms with Crippen LogP contribution in [0.4, 0.5) is 5.69 Å². The van der Waals surface area contributed by atoms with Crippen molar-refractivity contribution in [3.8, 4) is 5.69 Å². The molecule has 2 aromatic rings. The van der Waals surface area contributed by atoms with Crippen LogP contribution < -0.4 is 5.32 Å². The van der Waals surface area contributed by atoms with Crippen LogP contribution in [0, 0.1) is 0 Å². The fourth-order valence-electron chi connectivity index (χ4n) is 2.42. The Morgan fingerprint density at radius 2 is 2.05 bits per heavy atom. The van der Waals surface area contributed by atoms with E-state index < -0.39 is 0 Å². The molecule has 1 atom stereocenters. The molecule has 0 saturated carbocycles. The number of nitrogens with one attached hydrogen (secondary N) is 1. The monoisotopic (exact) mass is 257 g/mol. The van der Waals surface area contributed by atoms with Crippen molar-refractivity contribution >= 4 is 5.69 Å². The van der Waals surface area contributed by atoms with Crippen LogP contribution in [-0.2, 0) is 4.74 Å². The van der Waals surface area contributed by atoms with E-state index in [4.69, 9.17) is 4.74 Å². The number of anilines is 1. The third-order valence-corrected chi connectivity index (χ3v) is 3.46. The Morgan fingerprint density at radius 1 is 1.16 bits per heavy atom. The van der Waals surface area contributed by atoms with Gasteiger partial charge in [-0.1, -0.05) is 0 Å². The number of aromatic nitrogens is 2. The van der Waals surface area contributed by atoms with Crippen molar-refractivity contribution in [3.63, 3.8) is 0 Å².